The minimum atomic E-state index is 0.695. The first-order chi connectivity index (χ1) is 10.3. The molecule has 1 N–H and O–H groups in total. The van der Waals surface area contributed by atoms with Crippen LogP contribution in [0.25, 0.3) is 10.2 Å². The van der Waals surface area contributed by atoms with Gasteiger partial charge in [0.15, 0.2) is 5.82 Å². The van der Waals surface area contributed by atoms with Crippen molar-refractivity contribution < 1.29 is 4.74 Å². The molecule has 2 aromatic heterocycles. The van der Waals surface area contributed by atoms with Gasteiger partial charge in [0, 0.05) is 5.69 Å². The van der Waals surface area contributed by atoms with Crippen molar-refractivity contribution in [2.75, 3.05) is 11.9 Å². The number of hydrogen-bond acceptors (Lipinski definition) is 5. The third-order valence-electron chi connectivity index (χ3n) is 3.52. The van der Waals surface area contributed by atoms with Gasteiger partial charge in [0.25, 0.3) is 0 Å². The SMILES string of the molecule is Ic1cc2ncnc(Nc3ccc4c(c3)COCC4)c2s1. The molecule has 1 aliphatic rings. The Labute approximate surface area is 139 Å². The maximum absolute atomic E-state index is 5.52. The summed E-state index contributed by atoms with van der Waals surface area (Å²) in [5.74, 6) is 0.865. The van der Waals surface area contributed by atoms with Crippen LogP contribution < -0.4 is 5.32 Å². The molecule has 1 aromatic carbocycles. The van der Waals surface area contributed by atoms with E-state index in [1.165, 1.54) is 14.0 Å². The zero-order chi connectivity index (χ0) is 14.2. The number of anilines is 2. The third-order valence-corrected chi connectivity index (χ3v) is 5.41. The first-order valence-electron chi connectivity index (χ1n) is 6.66. The van der Waals surface area contributed by atoms with Crippen LogP contribution in [-0.2, 0) is 17.8 Å². The lowest BCUT2D eigenvalue weighted by molar-refractivity contribution is 0.111. The summed E-state index contributed by atoms with van der Waals surface area (Å²) in [6, 6.07) is 8.52. The Morgan fingerprint density at radius 1 is 1.19 bits per heavy atom. The van der Waals surface area contributed by atoms with E-state index in [0.29, 0.717) is 6.61 Å². The predicted octanol–water partition coefficient (Wildman–Crippen LogP) is 4.11. The largest absolute Gasteiger partial charge is 0.376 e. The van der Waals surface area contributed by atoms with Gasteiger partial charge in [-0.05, 0) is 58.3 Å². The molecule has 0 saturated carbocycles. The normalized spacial score (nSPS) is 14.1. The number of thiophene rings is 1. The summed E-state index contributed by atoms with van der Waals surface area (Å²) in [5, 5.41) is 3.41. The van der Waals surface area contributed by atoms with E-state index in [1.807, 2.05) is 0 Å². The Morgan fingerprint density at radius 2 is 2.14 bits per heavy atom. The lowest BCUT2D eigenvalue weighted by Gasteiger charge is -2.17. The molecule has 0 atom stereocenters. The van der Waals surface area contributed by atoms with Crippen molar-refractivity contribution in [2.45, 2.75) is 13.0 Å². The van der Waals surface area contributed by atoms with Gasteiger partial charge in [0.1, 0.15) is 6.33 Å². The fourth-order valence-electron chi connectivity index (χ4n) is 2.50. The summed E-state index contributed by atoms with van der Waals surface area (Å²) < 4.78 is 7.83. The molecule has 6 heteroatoms. The van der Waals surface area contributed by atoms with Gasteiger partial charge in [-0.2, -0.15) is 0 Å². The Kier molecular flexibility index (Phi) is 3.52. The Hall–Kier alpha value is -1.25. The van der Waals surface area contributed by atoms with E-state index in [0.717, 1.165) is 34.7 Å². The molecule has 0 saturated heterocycles. The maximum Gasteiger partial charge on any atom is 0.151 e. The number of rotatable bonds is 2. The van der Waals surface area contributed by atoms with E-state index in [4.69, 9.17) is 4.74 Å². The molecule has 1 aliphatic heterocycles. The van der Waals surface area contributed by atoms with Crippen LogP contribution in [0.1, 0.15) is 11.1 Å². The second-order valence-electron chi connectivity index (χ2n) is 4.90. The van der Waals surface area contributed by atoms with Gasteiger partial charge < -0.3 is 10.1 Å². The Bertz CT molecular complexity index is 818. The zero-order valence-corrected chi connectivity index (χ0v) is 14.1. The highest BCUT2D eigenvalue weighted by molar-refractivity contribution is 14.1. The van der Waals surface area contributed by atoms with Crippen LogP contribution in [0.2, 0.25) is 0 Å². The molecule has 0 unspecified atom stereocenters. The van der Waals surface area contributed by atoms with Gasteiger partial charge in [-0.3, -0.25) is 0 Å². The number of aromatic nitrogens is 2. The molecule has 0 radical (unpaired) electrons. The molecule has 4 nitrogen and oxygen atoms in total. The van der Waals surface area contributed by atoms with Crippen molar-refractivity contribution in [3.8, 4) is 0 Å². The molecule has 0 amide bonds. The van der Waals surface area contributed by atoms with E-state index in [9.17, 15) is 0 Å². The highest BCUT2D eigenvalue weighted by Gasteiger charge is 2.12. The minimum absolute atomic E-state index is 0.695. The summed E-state index contributed by atoms with van der Waals surface area (Å²) in [6.07, 6.45) is 2.60. The van der Waals surface area contributed by atoms with E-state index < -0.39 is 0 Å². The number of ether oxygens (including phenoxy) is 1. The smallest absolute Gasteiger partial charge is 0.151 e. The molecule has 0 fully saturated rings. The van der Waals surface area contributed by atoms with Crippen molar-refractivity contribution in [1.29, 1.82) is 0 Å². The number of nitrogens with one attached hydrogen (secondary N) is 1. The summed E-state index contributed by atoms with van der Waals surface area (Å²) in [5.41, 5.74) is 4.67. The summed E-state index contributed by atoms with van der Waals surface area (Å²) >= 11 is 4.02. The minimum Gasteiger partial charge on any atom is -0.376 e. The number of nitrogens with zero attached hydrogens (tertiary/aromatic N) is 2. The second-order valence-corrected chi connectivity index (χ2v) is 7.84. The fourth-order valence-corrected chi connectivity index (χ4v) is 4.23. The highest BCUT2D eigenvalue weighted by Crippen LogP contribution is 2.32. The number of benzene rings is 1. The maximum atomic E-state index is 5.52. The monoisotopic (exact) mass is 409 g/mol. The van der Waals surface area contributed by atoms with E-state index in [2.05, 4.69) is 62.1 Å². The fraction of sp³-hybridized carbons (Fsp3) is 0.200. The molecule has 0 bridgehead atoms. The van der Waals surface area contributed by atoms with Crippen LogP contribution in [0.3, 0.4) is 0 Å². The molecule has 0 aliphatic carbocycles. The topological polar surface area (TPSA) is 47.0 Å². The standard InChI is InChI=1S/C15H12IN3OS/c16-13-6-12-14(21-13)15(18-8-17-12)19-11-2-1-9-3-4-20-7-10(9)5-11/h1-2,5-6,8H,3-4,7H2,(H,17,18,19). The quantitative estimate of drug-likeness (QED) is 0.648. The first kappa shape index (κ1) is 13.4. The zero-order valence-electron chi connectivity index (χ0n) is 11.1. The van der Waals surface area contributed by atoms with Crippen LogP contribution in [0, 0.1) is 2.88 Å². The molecule has 21 heavy (non-hydrogen) atoms. The highest BCUT2D eigenvalue weighted by atomic mass is 127. The molecular formula is C15H12IN3OS. The number of hydrogen-bond donors (Lipinski definition) is 1. The van der Waals surface area contributed by atoms with Crippen LogP contribution in [0.5, 0.6) is 0 Å². The molecule has 106 valence electrons. The molecule has 3 aromatic rings. The Balaban J connectivity index is 1.71. The van der Waals surface area contributed by atoms with Crippen molar-refractivity contribution >= 4 is 55.6 Å². The second kappa shape index (κ2) is 5.51. The molecule has 4 rings (SSSR count). The average Bonchev–Trinajstić information content (AvgIpc) is 2.89. The Morgan fingerprint density at radius 3 is 3.10 bits per heavy atom. The van der Waals surface area contributed by atoms with Crippen LogP contribution >= 0.6 is 33.9 Å². The number of fused-ring (bicyclic) bond motifs is 2. The molecular weight excluding hydrogens is 397 g/mol. The molecule has 0 spiro atoms. The van der Waals surface area contributed by atoms with Crippen LogP contribution in [0.4, 0.5) is 11.5 Å². The average molecular weight is 409 g/mol. The summed E-state index contributed by atoms with van der Waals surface area (Å²) in [6.45, 7) is 1.51. The van der Waals surface area contributed by atoms with Gasteiger partial charge in [-0.15, -0.1) is 11.3 Å². The van der Waals surface area contributed by atoms with Crippen LogP contribution in [0.15, 0.2) is 30.6 Å². The third kappa shape index (κ3) is 2.63. The van der Waals surface area contributed by atoms with Gasteiger partial charge in [0.2, 0.25) is 0 Å². The first-order valence-corrected chi connectivity index (χ1v) is 8.56. The van der Waals surface area contributed by atoms with E-state index in [1.54, 1.807) is 17.7 Å². The van der Waals surface area contributed by atoms with E-state index >= 15 is 0 Å². The summed E-state index contributed by atoms with van der Waals surface area (Å²) in [4.78, 5) is 8.69. The predicted molar refractivity (Wildman–Crippen MR) is 93.2 cm³/mol. The summed E-state index contributed by atoms with van der Waals surface area (Å²) in [7, 11) is 0. The van der Waals surface area contributed by atoms with Crippen molar-refractivity contribution in [1.82, 2.24) is 9.97 Å². The number of halogens is 1. The van der Waals surface area contributed by atoms with Crippen molar-refractivity contribution in [3.05, 3.63) is 44.6 Å². The van der Waals surface area contributed by atoms with Crippen molar-refractivity contribution in [2.24, 2.45) is 0 Å². The van der Waals surface area contributed by atoms with Gasteiger partial charge in [-0.1, -0.05) is 6.07 Å². The van der Waals surface area contributed by atoms with Crippen molar-refractivity contribution in [3.63, 3.8) is 0 Å². The van der Waals surface area contributed by atoms with Gasteiger partial charge >= 0.3 is 0 Å². The van der Waals surface area contributed by atoms with Gasteiger partial charge in [0.05, 0.1) is 26.3 Å². The van der Waals surface area contributed by atoms with Gasteiger partial charge in [-0.25, -0.2) is 9.97 Å². The van der Waals surface area contributed by atoms with E-state index in [-0.39, 0.29) is 0 Å². The lowest BCUT2D eigenvalue weighted by atomic mass is 10.0. The molecule has 3 heterocycles. The van der Waals surface area contributed by atoms with Crippen LogP contribution in [-0.4, -0.2) is 16.6 Å². The lowest BCUT2D eigenvalue weighted by Crippen LogP contribution is -2.09.